The second-order valence-electron chi connectivity index (χ2n) is 14.3. The standard InChI is InChI=1S/C29H31GeN2.C13H24O2.Ir/c1-18(2)14-21-11-9-13-24-26(21)30(5,6)27-28(31-17-32-29(24)27)22-15-20-10-7-8-12-23(20)25(16-22)19(3)4;1-5-10(6-2)12(14)9-13(15)11(7-3)8-4;/h7-13,16-19H,14H2,1-6H3;9-11,14H,5-8H2,1-4H3;/q-1;;/b;12-9-;. The van der Waals surface area contributed by atoms with Crippen LogP contribution in [0.1, 0.15) is 98.1 Å². The normalized spacial score (nSPS) is 13.4. The van der Waals surface area contributed by atoms with Gasteiger partial charge in [0.05, 0.1) is 5.76 Å². The topological polar surface area (TPSA) is 63.1 Å². The molecule has 0 bridgehead atoms. The number of rotatable bonds is 11. The van der Waals surface area contributed by atoms with Crippen LogP contribution in [0.2, 0.25) is 11.5 Å². The van der Waals surface area contributed by atoms with Crippen LogP contribution in [0.15, 0.2) is 66.7 Å². The van der Waals surface area contributed by atoms with Gasteiger partial charge < -0.3 is 5.11 Å². The number of carbonyl (C=O) groups is 1. The van der Waals surface area contributed by atoms with E-state index in [-0.39, 0.29) is 43.5 Å². The summed E-state index contributed by atoms with van der Waals surface area (Å²) in [5, 5.41) is 12.2. The molecule has 0 aliphatic carbocycles. The van der Waals surface area contributed by atoms with Crippen LogP contribution in [0.3, 0.4) is 0 Å². The first-order valence-electron chi connectivity index (χ1n) is 17.8. The van der Waals surface area contributed by atoms with Gasteiger partial charge in [0.25, 0.3) is 0 Å². The minimum Gasteiger partial charge on any atom is -0.512 e. The summed E-state index contributed by atoms with van der Waals surface area (Å²) in [4.78, 5) is 21.5. The van der Waals surface area contributed by atoms with Gasteiger partial charge in [-0.05, 0) is 25.7 Å². The van der Waals surface area contributed by atoms with Crippen molar-refractivity contribution in [1.82, 2.24) is 9.97 Å². The van der Waals surface area contributed by atoms with Crippen LogP contribution in [0.4, 0.5) is 0 Å². The molecular formula is C42H55GeIrN2O2-. The van der Waals surface area contributed by atoms with E-state index < -0.39 is 13.3 Å². The number of hydrogen-bond donors (Lipinski definition) is 1. The Morgan fingerprint density at radius 2 is 1.48 bits per heavy atom. The van der Waals surface area contributed by atoms with Gasteiger partial charge >= 0.3 is 195 Å². The second kappa shape index (κ2) is 17.4. The van der Waals surface area contributed by atoms with Gasteiger partial charge in [-0.3, -0.25) is 4.79 Å². The van der Waals surface area contributed by atoms with E-state index in [9.17, 15) is 9.90 Å². The Balaban J connectivity index is 0.000000334. The third-order valence-electron chi connectivity index (χ3n) is 9.90. The van der Waals surface area contributed by atoms with Crippen LogP contribution >= 0.6 is 0 Å². The van der Waals surface area contributed by atoms with Gasteiger partial charge in [-0.25, -0.2) is 0 Å². The van der Waals surface area contributed by atoms with E-state index in [1.807, 2.05) is 27.7 Å². The molecule has 6 heteroatoms. The van der Waals surface area contributed by atoms with Gasteiger partial charge in [0.2, 0.25) is 0 Å². The predicted octanol–water partition coefficient (Wildman–Crippen LogP) is 10.1. The van der Waals surface area contributed by atoms with E-state index in [0.717, 1.165) is 49.1 Å². The molecule has 0 amide bonds. The Morgan fingerprint density at radius 3 is 2.08 bits per heavy atom. The van der Waals surface area contributed by atoms with Crippen molar-refractivity contribution in [1.29, 1.82) is 0 Å². The zero-order valence-corrected chi connectivity index (χ0v) is 35.2. The van der Waals surface area contributed by atoms with Crippen LogP contribution in [-0.2, 0) is 31.3 Å². The number of carbonyl (C=O) groups excluding carboxylic acids is 1. The molecule has 259 valence electrons. The molecule has 0 atom stereocenters. The van der Waals surface area contributed by atoms with E-state index in [2.05, 4.69) is 93.8 Å². The molecule has 5 rings (SSSR count). The third kappa shape index (κ3) is 8.40. The average Bonchev–Trinajstić information content (AvgIpc) is 3.28. The first-order valence-corrected chi connectivity index (χ1v) is 24.1. The number of ketones is 1. The number of aliphatic hydroxyl groups is 1. The maximum Gasteiger partial charge on any atom is 0.162 e. The molecule has 0 saturated carbocycles. The Labute approximate surface area is 306 Å². The maximum atomic E-state index is 11.7. The quantitative estimate of drug-likeness (QED) is 0.0706. The van der Waals surface area contributed by atoms with Crippen LogP contribution in [0.5, 0.6) is 0 Å². The van der Waals surface area contributed by atoms with Gasteiger partial charge in [0.1, 0.15) is 0 Å². The molecule has 0 saturated heterocycles. The molecule has 4 nitrogen and oxygen atoms in total. The Morgan fingerprint density at radius 1 is 0.854 bits per heavy atom. The van der Waals surface area contributed by atoms with E-state index in [0.29, 0.717) is 11.8 Å². The molecule has 1 N–H and O–H groups in total. The average molecular weight is 885 g/mol. The molecular weight excluding hydrogens is 829 g/mol. The first kappa shape index (κ1) is 39.8. The molecule has 0 unspecified atom stereocenters. The molecule has 1 radical (unpaired) electrons. The maximum absolute atomic E-state index is 11.7. The van der Waals surface area contributed by atoms with Crippen molar-refractivity contribution in [3.8, 4) is 22.5 Å². The zero-order chi connectivity index (χ0) is 34.5. The van der Waals surface area contributed by atoms with Crippen molar-refractivity contribution in [3.63, 3.8) is 0 Å². The summed E-state index contributed by atoms with van der Waals surface area (Å²) in [6.07, 6.45) is 7.78. The molecule has 48 heavy (non-hydrogen) atoms. The van der Waals surface area contributed by atoms with Crippen LogP contribution in [0.25, 0.3) is 33.3 Å². The van der Waals surface area contributed by atoms with E-state index in [1.165, 1.54) is 37.9 Å². The smallest absolute Gasteiger partial charge is 0.162 e. The summed E-state index contributed by atoms with van der Waals surface area (Å²) in [5.41, 5.74) is 7.59. The second-order valence-corrected chi connectivity index (χ2v) is 23.3. The van der Waals surface area contributed by atoms with Gasteiger partial charge in [0, 0.05) is 38.0 Å². The molecule has 2 heterocycles. The van der Waals surface area contributed by atoms with E-state index >= 15 is 0 Å². The number of aromatic nitrogens is 2. The fraction of sp³-hybridized carbons (Fsp3) is 0.452. The van der Waals surface area contributed by atoms with Gasteiger partial charge in [-0.15, -0.1) is 0 Å². The fourth-order valence-electron chi connectivity index (χ4n) is 7.30. The van der Waals surface area contributed by atoms with Crippen LogP contribution in [0, 0.1) is 23.8 Å². The van der Waals surface area contributed by atoms with Crippen molar-refractivity contribution in [2.45, 2.75) is 105 Å². The molecule has 0 spiro atoms. The Hall–Kier alpha value is -2.60. The largest absolute Gasteiger partial charge is 0.512 e. The third-order valence-corrected chi connectivity index (χ3v) is 17.4. The van der Waals surface area contributed by atoms with Crippen molar-refractivity contribution in [2.75, 3.05) is 0 Å². The Bertz CT molecular complexity index is 1740. The number of benzene rings is 3. The number of aliphatic hydroxyl groups excluding tert-OH is 1. The summed E-state index contributed by atoms with van der Waals surface area (Å²) >= 11 is -2.61. The minimum atomic E-state index is -2.61. The first-order chi connectivity index (χ1) is 22.4. The number of allylic oxidation sites excluding steroid dienone is 2. The molecule has 1 aliphatic rings. The van der Waals surface area contributed by atoms with Crippen molar-refractivity contribution in [3.05, 3.63) is 83.9 Å². The molecule has 0 fully saturated rings. The SMILES string of the molecule is CC(C)Cc1cccc2[c]1[Ge]([CH3])([CH3])[c]1c(-c3[c-]c4ccccc4c(C(C)C)c3)ncnc1-2.CCC(CC)C(=O)/C=C(\O)C(CC)CC.[Ir]. The van der Waals surface area contributed by atoms with E-state index in [1.54, 1.807) is 10.7 Å². The Kier molecular flexibility index (Phi) is 14.4. The summed E-state index contributed by atoms with van der Waals surface area (Å²) in [6, 6.07) is 21.5. The van der Waals surface area contributed by atoms with Gasteiger partial charge in [-0.1, -0.05) is 27.7 Å². The number of fused-ring (bicyclic) bond motifs is 4. The molecule has 1 aromatic heterocycles. The monoisotopic (exact) mass is 886 g/mol. The van der Waals surface area contributed by atoms with Gasteiger partial charge in [0.15, 0.2) is 5.78 Å². The molecule has 4 aromatic rings. The van der Waals surface area contributed by atoms with Gasteiger partial charge in [-0.2, -0.15) is 0 Å². The summed E-state index contributed by atoms with van der Waals surface area (Å²) in [7, 11) is 0. The fourth-order valence-corrected chi connectivity index (χ4v) is 15.1. The minimum absolute atomic E-state index is 0. The van der Waals surface area contributed by atoms with Crippen molar-refractivity contribution in [2.24, 2.45) is 17.8 Å². The number of hydrogen-bond acceptors (Lipinski definition) is 4. The van der Waals surface area contributed by atoms with E-state index in [4.69, 9.17) is 9.97 Å². The van der Waals surface area contributed by atoms with Crippen molar-refractivity contribution >= 4 is 38.6 Å². The molecule has 3 aromatic carbocycles. The van der Waals surface area contributed by atoms with Crippen LogP contribution < -0.4 is 8.79 Å². The number of nitrogens with zero attached hydrogens (tertiary/aromatic N) is 2. The zero-order valence-electron chi connectivity index (χ0n) is 30.7. The summed E-state index contributed by atoms with van der Waals surface area (Å²) in [5.74, 6) is 6.66. The molecule has 1 aliphatic heterocycles. The van der Waals surface area contributed by atoms with Crippen LogP contribution in [-0.4, -0.2) is 34.1 Å². The predicted molar refractivity (Wildman–Crippen MR) is 202 cm³/mol. The van der Waals surface area contributed by atoms with Crippen molar-refractivity contribution < 1.29 is 30.0 Å². The summed E-state index contributed by atoms with van der Waals surface area (Å²) in [6.45, 7) is 17.2. The summed E-state index contributed by atoms with van der Waals surface area (Å²) < 4.78 is 3.02.